The predicted molar refractivity (Wildman–Crippen MR) is 79.5 cm³/mol. The molecule has 0 radical (unpaired) electrons. The number of aliphatic carboxylic acids is 1. The lowest BCUT2D eigenvalue weighted by atomic mass is 10.1. The van der Waals surface area contributed by atoms with Crippen molar-refractivity contribution < 1.29 is 24.5 Å². The molecule has 1 amide bonds. The van der Waals surface area contributed by atoms with Crippen molar-refractivity contribution in [3.8, 4) is 5.75 Å². The Kier molecular flexibility index (Phi) is 5.55. The van der Waals surface area contributed by atoms with Crippen molar-refractivity contribution in [3.63, 3.8) is 0 Å². The van der Waals surface area contributed by atoms with Crippen LogP contribution in [0, 0.1) is 0 Å². The molecular weight excluding hydrogens is 286 g/mol. The zero-order valence-electron chi connectivity index (χ0n) is 12.1. The molecule has 1 atom stereocenters. The molecule has 118 valence electrons. The highest BCUT2D eigenvalue weighted by atomic mass is 16.5. The molecular formula is C16H19NO5. The third kappa shape index (κ3) is 4.89. The maximum absolute atomic E-state index is 11.8. The van der Waals surface area contributed by atoms with Crippen LogP contribution in [0.1, 0.15) is 18.4 Å². The van der Waals surface area contributed by atoms with E-state index >= 15 is 0 Å². The lowest BCUT2D eigenvalue weighted by Gasteiger charge is -2.16. The van der Waals surface area contributed by atoms with Gasteiger partial charge in [0.05, 0.1) is 6.10 Å². The molecule has 1 aromatic rings. The Bertz CT molecular complexity index is 544. The SMILES string of the molecule is O=C(COC1CC=CC1)N[C@@H](Cc1ccc(O)cc1)C(=O)O. The van der Waals surface area contributed by atoms with E-state index in [4.69, 9.17) is 4.74 Å². The van der Waals surface area contributed by atoms with E-state index in [1.54, 1.807) is 12.1 Å². The van der Waals surface area contributed by atoms with Gasteiger partial charge >= 0.3 is 5.97 Å². The number of phenols is 1. The summed E-state index contributed by atoms with van der Waals surface area (Å²) in [5.74, 6) is -1.44. The molecule has 0 aliphatic heterocycles. The molecule has 0 bridgehead atoms. The third-order valence-electron chi connectivity index (χ3n) is 3.42. The molecule has 0 saturated heterocycles. The number of carboxylic acid groups (broad SMARTS) is 1. The van der Waals surface area contributed by atoms with E-state index in [2.05, 4.69) is 5.32 Å². The normalized spacial score (nSPS) is 15.6. The van der Waals surface area contributed by atoms with Gasteiger partial charge in [0.25, 0.3) is 0 Å². The minimum Gasteiger partial charge on any atom is -0.508 e. The summed E-state index contributed by atoms with van der Waals surface area (Å²) in [5, 5.41) is 20.9. The van der Waals surface area contributed by atoms with E-state index < -0.39 is 17.9 Å². The molecule has 3 N–H and O–H groups in total. The van der Waals surface area contributed by atoms with Crippen LogP contribution in [-0.2, 0) is 20.7 Å². The molecule has 0 aromatic heterocycles. The topological polar surface area (TPSA) is 95.9 Å². The number of phenolic OH excluding ortho intramolecular Hbond substituents is 1. The lowest BCUT2D eigenvalue weighted by Crippen LogP contribution is -2.44. The summed E-state index contributed by atoms with van der Waals surface area (Å²) in [4.78, 5) is 23.1. The van der Waals surface area contributed by atoms with Crippen molar-refractivity contribution in [2.24, 2.45) is 0 Å². The maximum Gasteiger partial charge on any atom is 0.326 e. The van der Waals surface area contributed by atoms with Crippen LogP contribution in [0.4, 0.5) is 0 Å². The van der Waals surface area contributed by atoms with Gasteiger partial charge in [0.1, 0.15) is 18.4 Å². The van der Waals surface area contributed by atoms with Gasteiger partial charge in [-0.2, -0.15) is 0 Å². The van der Waals surface area contributed by atoms with Gasteiger partial charge in [-0.1, -0.05) is 24.3 Å². The second kappa shape index (κ2) is 7.61. The monoisotopic (exact) mass is 305 g/mol. The number of aromatic hydroxyl groups is 1. The van der Waals surface area contributed by atoms with Gasteiger partial charge in [-0.15, -0.1) is 0 Å². The summed E-state index contributed by atoms with van der Waals surface area (Å²) in [7, 11) is 0. The van der Waals surface area contributed by atoms with E-state index in [-0.39, 0.29) is 24.9 Å². The largest absolute Gasteiger partial charge is 0.508 e. The van der Waals surface area contributed by atoms with Crippen LogP contribution in [0.25, 0.3) is 0 Å². The van der Waals surface area contributed by atoms with Crippen molar-refractivity contribution in [2.75, 3.05) is 6.61 Å². The molecule has 1 aliphatic carbocycles. The lowest BCUT2D eigenvalue weighted by molar-refractivity contribution is -0.142. The smallest absolute Gasteiger partial charge is 0.326 e. The van der Waals surface area contributed by atoms with Crippen molar-refractivity contribution in [2.45, 2.75) is 31.4 Å². The number of hydrogen-bond acceptors (Lipinski definition) is 4. The van der Waals surface area contributed by atoms with Crippen LogP contribution in [-0.4, -0.2) is 40.8 Å². The number of benzene rings is 1. The Morgan fingerprint density at radius 3 is 2.45 bits per heavy atom. The molecule has 2 rings (SSSR count). The molecule has 0 saturated carbocycles. The van der Waals surface area contributed by atoms with Crippen LogP contribution in [0.5, 0.6) is 5.75 Å². The Hall–Kier alpha value is -2.34. The summed E-state index contributed by atoms with van der Waals surface area (Å²) in [5.41, 5.74) is 0.714. The van der Waals surface area contributed by atoms with Gasteiger partial charge in [0.15, 0.2) is 0 Å². The molecule has 6 nitrogen and oxygen atoms in total. The number of carbonyl (C=O) groups is 2. The molecule has 0 fully saturated rings. The molecule has 1 aliphatic rings. The van der Waals surface area contributed by atoms with E-state index in [1.807, 2.05) is 12.2 Å². The Morgan fingerprint density at radius 1 is 1.23 bits per heavy atom. The van der Waals surface area contributed by atoms with Crippen molar-refractivity contribution in [1.82, 2.24) is 5.32 Å². The highest BCUT2D eigenvalue weighted by Crippen LogP contribution is 2.13. The second-order valence-electron chi connectivity index (χ2n) is 5.20. The van der Waals surface area contributed by atoms with Crippen LogP contribution < -0.4 is 5.32 Å². The summed E-state index contributed by atoms with van der Waals surface area (Å²) in [6.07, 6.45) is 5.70. The third-order valence-corrected chi connectivity index (χ3v) is 3.42. The Balaban J connectivity index is 1.83. The van der Waals surface area contributed by atoms with Gasteiger partial charge in [-0.05, 0) is 30.5 Å². The van der Waals surface area contributed by atoms with E-state index in [1.165, 1.54) is 12.1 Å². The zero-order chi connectivity index (χ0) is 15.9. The highest BCUT2D eigenvalue weighted by Gasteiger charge is 2.21. The predicted octanol–water partition coefficient (Wildman–Crippen LogP) is 1.24. The van der Waals surface area contributed by atoms with Gasteiger partial charge < -0.3 is 20.3 Å². The summed E-state index contributed by atoms with van der Waals surface area (Å²) in [6.45, 7) is -0.147. The summed E-state index contributed by atoms with van der Waals surface area (Å²) < 4.78 is 5.41. The summed E-state index contributed by atoms with van der Waals surface area (Å²) >= 11 is 0. The first-order chi connectivity index (χ1) is 10.5. The summed E-state index contributed by atoms with van der Waals surface area (Å²) in [6, 6.07) is 5.18. The fourth-order valence-corrected chi connectivity index (χ4v) is 2.23. The average molecular weight is 305 g/mol. The number of nitrogens with one attached hydrogen (secondary N) is 1. The van der Waals surface area contributed by atoms with Crippen LogP contribution in [0.2, 0.25) is 0 Å². The quantitative estimate of drug-likeness (QED) is 0.659. The highest BCUT2D eigenvalue weighted by molar-refractivity contribution is 5.84. The van der Waals surface area contributed by atoms with Crippen LogP contribution in [0.3, 0.4) is 0 Å². The van der Waals surface area contributed by atoms with Crippen LogP contribution >= 0.6 is 0 Å². The van der Waals surface area contributed by atoms with Gasteiger partial charge in [0, 0.05) is 6.42 Å². The van der Waals surface area contributed by atoms with Crippen molar-refractivity contribution >= 4 is 11.9 Å². The first-order valence-corrected chi connectivity index (χ1v) is 7.11. The number of amides is 1. The molecule has 0 unspecified atom stereocenters. The molecule has 6 heteroatoms. The maximum atomic E-state index is 11.8. The minimum atomic E-state index is -1.11. The van der Waals surface area contributed by atoms with Crippen LogP contribution in [0.15, 0.2) is 36.4 Å². The number of carbonyl (C=O) groups excluding carboxylic acids is 1. The standard InChI is InChI=1S/C16H19NO5/c18-12-7-5-11(6-8-12)9-14(16(20)21)17-15(19)10-22-13-3-1-2-4-13/h1-2,5-8,13-14,18H,3-4,9-10H2,(H,17,19)(H,20,21)/t14-/m0/s1. The fraction of sp³-hybridized carbons (Fsp3) is 0.375. The molecule has 1 aromatic carbocycles. The second-order valence-corrected chi connectivity index (χ2v) is 5.20. The zero-order valence-corrected chi connectivity index (χ0v) is 12.1. The number of hydrogen-bond donors (Lipinski definition) is 3. The average Bonchev–Trinajstić information content (AvgIpc) is 3.00. The molecule has 22 heavy (non-hydrogen) atoms. The van der Waals surface area contributed by atoms with Crippen molar-refractivity contribution in [1.29, 1.82) is 0 Å². The Morgan fingerprint density at radius 2 is 1.86 bits per heavy atom. The first-order valence-electron chi connectivity index (χ1n) is 7.11. The molecule has 0 spiro atoms. The van der Waals surface area contributed by atoms with Gasteiger partial charge in [0.2, 0.25) is 5.91 Å². The van der Waals surface area contributed by atoms with E-state index in [0.29, 0.717) is 5.56 Å². The van der Waals surface area contributed by atoms with Gasteiger partial charge in [-0.3, -0.25) is 4.79 Å². The number of ether oxygens (including phenoxy) is 1. The van der Waals surface area contributed by atoms with Crippen molar-refractivity contribution in [3.05, 3.63) is 42.0 Å². The minimum absolute atomic E-state index is 0.00567. The first kappa shape index (κ1) is 16.0. The van der Waals surface area contributed by atoms with E-state index in [0.717, 1.165) is 12.8 Å². The Labute approximate surface area is 128 Å². The number of rotatable bonds is 7. The molecule has 0 heterocycles. The van der Waals surface area contributed by atoms with E-state index in [9.17, 15) is 19.8 Å². The number of carboxylic acids is 1. The van der Waals surface area contributed by atoms with Gasteiger partial charge in [-0.25, -0.2) is 4.79 Å². The fourth-order valence-electron chi connectivity index (χ4n) is 2.23.